The van der Waals surface area contributed by atoms with Crippen LogP contribution in [0.5, 0.6) is 0 Å². The van der Waals surface area contributed by atoms with Gasteiger partial charge in [0, 0.05) is 31.9 Å². The van der Waals surface area contributed by atoms with Gasteiger partial charge in [-0.2, -0.15) is 0 Å². The fraction of sp³-hybridized carbons (Fsp3) is 0.214. The molecule has 2 aromatic rings. The maximum Gasteiger partial charge on any atom is 0.245 e. The molecule has 2 rings (SSSR count). The quantitative estimate of drug-likeness (QED) is 0.836. The highest BCUT2D eigenvalue weighted by Gasteiger charge is 2.26. The van der Waals surface area contributed by atoms with Gasteiger partial charge in [0.1, 0.15) is 4.90 Å². The molecule has 0 atom stereocenters. The predicted molar refractivity (Wildman–Crippen MR) is 84.2 cm³/mol. The molecule has 0 amide bonds. The molecule has 0 fully saturated rings. The molecule has 1 heterocycles. The van der Waals surface area contributed by atoms with Crippen LogP contribution in [0.25, 0.3) is 0 Å². The van der Waals surface area contributed by atoms with Gasteiger partial charge in [0.2, 0.25) is 10.0 Å². The van der Waals surface area contributed by atoms with Gasteiger partial charge in [-0.05, 0) is 24.3 Å². The van der Waals surface area contributed by atoms with Gasteiger partial charge in [-0.3, -0.25) is 4.98 Å². The summed E-state index contributed by atoms with van der Waals surface area (Å²) in [6.07, 6.45) is 2.19. The largest absolute Gasteiger partial charge is 0.261 e. The van der Waals surface area contributed by atoms with E-state index in [0.29, 0.717) is 13.0 Å². The lowest BCUT2D eigenvalue weighted by atomic mass is 10.3. The number of pyridine rings is 1. The second-order valence-corrected chi connectivity index (χ2v) is 7.24. The number of likely N-dealkylation sites (N-methyl/N-ethyl adjacent to an activating group) is 1. The van der Waals surface area contributed by atoms with Crippen LogP contribution in [-0.4, -0.2) is 31.3 Å². The van der Waals surface area contributed by atoms with E-state index in [-0.39, 0.29) is 14.9 Å². The highest BCUT2D eigenvalue weighted by molar-refractivity contribution is 7.89. The Morgan fingerprint density at radius 2 is 1.76 bits per heavy atom. The summed E-state index contributed by atoms with van der Waals surface area (Å²) in [5.74, 6) is 0. The molecule has 4 nitrogen and oxygen atoms in total. The summed E-state index contributed by atoms with van der Waals surface area (Å²) in [6.45, 7) is 0.293. The SMILES string of the molecule is CN(CCc1ccccn1)S(=O)(=O)c1c(Cl)cccc1Cl. The molecule has 1 aromatic heterocycles. The van der Waals surface area contributed by atoms with Crippen LogP contribution in [0.1, 0.15) is 5.69 Å². The molecule has 0 saturated carbocycles. The Bertz CT molecular complexity index is 701. The molecule has 1 aromatic carbocycles. The van der Waals surface area contributed by atoms with Crippen LogP contribution in [0.2, 0.25) is 10.0 Å². The molecular weight excluding hydrogens is 331 g/mol. The van der Waals surface area contributed by atoms with Crippen LogP contribution < -0.4 is 0 Å². The summed E-state index contributed by atoms with van der Waals surface area (Å²) < 4.78 is 26.3. The highest BCUT2D eigenvalue weighted by atomic mass is 35.5. The molecule has 0 bridgehead atoms. The first kappa shape index (κ1) is 16.2. The van der Waals surface area contributed by atoms with E-state index in [1.807, 2.05) is 18.2 Å². The van der Waals surface area contributed by atoms with Crippen molar-refractivity contribution in [2.75, 3.05) is 13.6 Å². The fourth-order valence-electron chi connectivity index (χ4n) is 1.82. The number of sulfonamides is 1. The highest BCUT2D eigenvalue weighted by Crippen LogP contribution is 2.30. The molecule has 0 unspecified atom stereocenters. The average molecular weight is 345 g/mol. The standard InChI is InChI=1S/C14H14Cl2N2O2S/c1-18(10-8-11-5-2-3-9-17-11)21(19,20)14-12(15)6-4-7-13(14)16/h2-7,9H,8,10H2,1H3. The van der Waals surface area contributed by atoms with Crippen molar-refractivity contribution >= 4 is 33.2 Å². The summed E-state index contributed by atoms with van der Waals surface area (Å²) in [7, 11) is -2.23. The van der Waals surface area contributed by atoms with Crippen molar-refractivity contribution in [3.8, 4) is 0 Å². The van der Waals surface area contributed by atoms with Crippen LogP contribution in [-0.2, 0) is 16.4 Å². The molecule has 112 valence electrons. The number of benzene rings is 1. The number of rotatable bonds is 5. The minimum absolute atomic E-state index is 0.0585. The molecule has 0 radical (unpaired) electrons. The van der Waals surface area contributed by atoms with E-state index in [4.69, 9.17) is 23.2 Å². The molecule has 7 heteroatoms. The van der Waals surface area contributed by atoms with E-state index in [1.165, 1.54) is 23.5 Å². The summed E-state index contributed by atoms with van der Waals surface area (Å²) >= 11 is 11.9. The summed E-state index contributed by atoms with van der Waals surface area (Å²) in [6, 6.07) is 10.1. The maximum atomic E-state index is 12.5. The predicted octanol–water partition coefficient (Wildman–Crippen LogP) is 3.25. The van der Waals surface area contributed by atoms with Crippen LogP contribution in [0, 0.1) is 0 Å². The van der Waals surface area contributed by atoms with E-state index >= 15 is 0 Å². The van der Waals surface area contributed by atoms with Crippen molar-refractivity contribution in [3.05, 3.63) is 58.3 Å². The molecule has 0 aliphatic heterocycles. The maximum absolute atomic E-state index is 12.5. The van der Waals surface area contributed by atoms with Crippen LogP contribution >= 0.6 is 23.2 Å². The lowest BCUT2D eigenvalue weighted by Gasteiger charge is -2.18. The van der Waals surface area contributed by atoms with Gasteiger partial charge in [0.25, 0.3) is 0 Å². The van der Waals surface area contributed by atoms with Crippen molar-refractivity contribution in [2.45, 2.75) is 11.3 Å². The summed E-state index contributed by atoms with van der Waals surface area (Å²) in [5, 5.41) is 0.236. The van der Waals surface area contributed by atoms with E-state index in [9.17, 15) is 8.42 Å². The number of aromatic nitrogens is 1. The second kappa shape index (κ2) is 6.75. The Balaban J connectivity index is 2.19. The average Bonchev–Trinajstić information content (AvgIpc) is 2.45. The van der Waals surface area contributed by atoms with Crippen LogP contribution in [0.4, 0.5) is 0 Å². The topological polar surface area (TPSA) is 50.3 Å². The zero-order chi connectivity index (χ0) is 15.5. The Kier molecular flexibility index (Phi) is 5.22. The van der Waals surface area contributed by atoms with Gasteiger partial charge >= 0.3 is 0 Å². The van der Waals surface area contributed by atoms with Crippen molar-refractivity contribution in [1.29, 1.82) is 0 Å². The van der Waals surface area contributed by atoms with E-state index in [1.54, 1.807) is 12.3 Å². The van der Waals surface area contributed by atoms with Crippen molar-refractivity contribution in [3.63, 3.8) is 0 Å². The third kappa shape index (κ3) is 3.74. The minimum Gasteiger partial charge on any atom is -0.261 e. The van der Waals surface area contributed by atoms with Gasteiger partial charge in [0.15, 0.2) is 0 Å². The molecule has 0 saturated heterocycles. The number of hydrogen-bond acceptors (Lipinski definition) is 3. The zero-order valence-corrected chi connectivity index (χ0v) is 13.7. The van der Waals surface area contributed by atoms with Crippen LogP contribution in [0.15, 0.2) is 47.5 Å². The van der Waals surface area contributed by atoms with Crippen molar-refractivity contribution < 1.29 is 8.42 Å². The third-order valence-electron chi connectivity index (χ3n) is 3.00. The van der Waals surface area contributed by atoms with Gasteiger partial charge in [-0.25, -0.2) is 12.7 Å². The Labute approximate surface area is 134 Å². The first-order chi connectivity index (χ1) is 9.93. The number of hydrogen-bond donors (Lipinski definition) is 0. The Morgan fingerprint density at radius 1 is 1.10 bits per heavy atom. The van der Waals surface area contributed by atoms with E-state index in [0.717, 1.165) is 5.69 Å². The molecule has 21 heavy (non-hydrogen) atoms. The molecular formula is C14H14Cl2N2O2S. The fourth-order valence-corrected chi connectivity index (χ4v) is 4.08. The molecule has 0 N–H and O–H groups in total. The first-order valence-corrected chi connectivity index (χ1v) is 8.43. The van der Waals surface area contributed by atoms with E-state index in [2.05, 4.69) is 4.98 Å². The lowest BCUT2D eigenvalue weighted by Crippen LogP contribution is -2.29. The summed E-state index contributed by atoms with van der Waals surface area (Å²) in [5.41, 5.74) is 0.824. The lowest BCUT2D eigenvalue weighted by molar-refractivity contribution is 0.471. The van der Waals surface area contributed by atoms with Crippen molar-refractivity contribution in [2.24, 2.45) is 0 Å². The Morgan fingerprint density at radius 3 is 2.33 bits per heavy atom. The normalized spacial score (nSPS) is 11.8. The van der Waals surface area contributed by atoms with Crippen LogP contribution in [0.3, 0.4) is 0 Å². The third-order valence-corrected chi connectivity index (χ3v) is 5.81. The number of nitrogens with zero attached hydrogens (tertiary/aromatic N) is 2. The monoisotopic (exact) mass is 344 g/mol. The zero-order valence-electron chi connectivity index (χ0n) is 11.3. The second-order valence-electron chi connectivity index (χ2n) is 4.45. The first-order valence-electron chi connectivity index (χ1n) is 6.23. The van der Waals surface area contributed by atoms with Gasteiger partial charge in [-0.15, -0.1) is 0 Å². The van der Waals surface area contributed by atoms with Crippen molar-refractivity contribution in [1.82, 2.24) is 9.29 Å². The van der Waals surface area contributed by atoms with Gasteiger partial charge in [0.05, 0.1) is 10.0 Å². The number of halogens is 2. The van der Waals surface area contributed by atoms with Gasteiger partial charge in [-0.1, -0.05) is 35.3 Å². The smallest absolute Gasteiger partial charge is 0.245 e. The molecule has 0 aliphatic carbocycles. The minimum atomic E-state index is -3.73. The molecule has 0 spiro atoms. The van der Waals surface area contributed by atoms with Gasteiger partial charge < -0.3 is 0 Å². The molecule has 0 aliphatic rings. The summed E-state index contributed by atoms with van der Waals surface area (Å²) in [4.78, 5) is 4.11. The Hall–Kier alpha value is -1.14. The van der Waals surface area contributed by atoms with E-state index < -0.39 is 10.0 Å².